The summed E-state index contributed by atoms with van der Waals surface area (Å²) in [4.78, 5) is 0. The van der Waals surface area contributed by atoms with Crippen LogP contribution in [0.3, 0.4) is 0 Å². The minimum atomic E-state index is -4.34. The first-order chi connectivity index (χ1) is 9.82. The highest BCUT2D eigenvalue weighted by molar-refractivity contribution is 5.62. The first-order valence-electron chi connectivity index (χ1n) is 6.63. The number of halogens is 3. The number of hydrogen-bond acceptors (Lipinski definition) is 3. The van der Waals surface area contributed by atoms with Crippen LogP contribution in [0.15, 0.2) is 24.3 Å². The molecule has 2 N–H and O–H groups in total. The molecule has 4 nitrogen and oxygen atoms in total. The first-order valence-corrected chi connectivity index (χ1v) is 6.63. The van der Waals surface area contributed by atoms with E-state index in [0.717, 1.165) is 12.1 Å². The Bertz CT molecular complexity index is 600. The minimum Gasteiger partial charge on any atom is -0.325 e. The van der Waals surface area contributed by atoms with Gasteiger partial charge in [0.2, 0.25) is 0 Å². The van der Waals surface area contributed by atoms with Gasteiger partial charge in [-0.1, -0.05) is 31.2 Å². The molecule has 0 amide bonds. The average molecular weight is 298 g/mol. The van der Waals surface area contributed by atoms with Crippen LogP contribution in [0.25, 0.3) is 11.3 Å². The van der Waals surface area contributed by atoms with Gasteiger partial charge in [0, 0.05) is 18.7 Å². The molecule has 0 fully saturated rings. The highest BCUT2D eigenvalue weighted by Gasteiger charge is 2.30. The zero-order valence-corrected chi connectivity index (χ0v) is 11.9. The van der Waals surface area contributed by atoms with Gasteiger partial charge < -0.3 is 5.73 Å². The van der Waals surface area contributed by atoms with Crippen molar-refractivity contribution in [2.45, 2.75) is 33.1 Å². The molecule has 0 bridgehead atoms. The molecule has 1 aromatic heterocycles. The van der Waals surface area contributed by atoms with E-state index in [1.807, 2.05) is 13.8 Å². The van der Waals surface area contributed by atoms with E-state index in [-0.39, 0.29) is 6.54 Å². The molecular weight excluding hydrogens is 281 g/mol. The summed E-state index contributed by atoms with van der Waals surface area (Å²) in [5, 5.41) is 8.04. The minimum absolute atomic E-state index is 0.189. The highest BCUT2D eigenvalue weighted by atomic mass is 19.4. The van der Waals surface area contributed by atoms with E-state index < -0.39 is 11.7 Å². The van der Waals surface area contributed by atoms with Crippen LogP contribution in [0.4, 0.5) is 13.2 Å². The molecule has 0 aliphatic rings. The Balaban J connectivity index is 2.43. The Labute approximate surface area is 120 Å². The predicted molar refractivity (Wildman–Crippen MR) is 73.2 cm³/mol. The van der Waals surface area contributed by atoms with Crippen molar-refractivity contribution >= 4 is 0 Å². The summed E-state index contributed by atoms with van der Waals surface area (Å²) in [6, 6.07) is 4.97. The van der Waals surface area contributed by atoms with Crippen molar-refractivity contribution in [1.29, 1.82) is 0 Å². The number of alkyl halides is 3. The Kier molecular flexibility index (Phi) is 4.32. The smallest absolute Gasteiger partial charge is 0.325 e. The summed E-state index contributed by atoms with van der Waals surface area (Å²) in [5.41, 5.74) is 6.85. The third kappa shape index (κ3) is 3.41. The van der Waals surface area contributed by atoms with Crippen molar-refractivity contribution in [2.24, 2.45) is 11.7 Å². The standard InChI is InChI=1S/C14H17F3N4/c1-9(2)8-21-13(12(7-18)19-20-21)10-3-5-11(6-4-10)14(15,16)17/h3-6,9H,7-8,18H2,1-2H3. The third-order valence-corrected chi connectivity index (χ3v) is 3.02. The maximum absolute atomic E-state index is 12.6. The fourth-order valence-electron chi connectivity index (χ4n) is 2.09. The molecule has 2 rings (SSSR count). The van der Waals surface area contributed by atoms with Gasteiger partial charge >= 0.3 is 6.18 Å². The SMILES string of the molecule is CC(C)Cn1nnc(CN)c1-c1ccc(C(F)(F)F)cc1. The van der Waals surface area contributed by atoms with E-state index in [1.165, 1.54) is 12.1 Å². The lowest BCUT2D eigenvalue weighted by Gasteiger charge is -2.11. The van der Waals surface area contributed by atoms with Gasteiger partial charge in [0.05, 0.1) is 11.3 Å². The van der Waals surface area contributed by atoms with Crippen LogP contribution < -0.4 is 5.73 Å². The molecule has 2 aromatic rings. The van der Waals surface area contributed by atoms with Crippen LogP contribution in [0, 0.1) is 5.92 Å². The molecule has 1 aromatic carbocycles. The summed E-state index contributed by atoms with van der Waals surface area (Å²) in [6.45, 7) is 4.87. The molecule has 0 unspecified atom stereocenters. The van der Waals surface area contributed by atoms with E-state index in [2.05, 4.69) is 10.3 Å². The largest absolute Gasteiger partial charge is 0.416 e. The van der Waals surface area contributed by atoms with E-state index >= 15 is 0 Å². The van der Waals surface area contributed by atoms with Crippen molar-refractivity contribution in [2.75, 3.05) is 0 Å². The van der Waals surface area contributed by atoms with E-state index in [9.17, 15) is 13.2 Å². The topological polar surface area (TPSA) is 56.7 Å². The number of rotatable bonds is 4. The lowest BCUT2D eigenvalue weighted by Crippen LogP contribution is -2.09. The number of nitrogens with zero attached hydrogens (tertiary/aromatic N) is 3. The first kappa shape index (κ1) is 15.5. The summed E-state index contributed by atoms with van der Waals surface area (Å²) in [6.07, 6.45) is -4.34. The fourth-order valence-corrected chi connectivity index (χ4v) is 2.09. The van der Waals surface area contributed by atoms with Crippen molar-refractivity contribution in [3.63, 3.8) is 0 Å². The van der Waals surface area contributed by atoms with Gasteiger partial charge in [0.15, 0.2) is 0 Å². The number of hydrogen-bond donors (Lipinski definition) is 1. The molecule has 0 radical (unpaired) electrons. The maximum atomic E-state index is 12.6. The van der Waals surface area contributed by atoms with Crippen LogP contribution in [0.2, 0.25) is 0 Å². The van der Waals surface area contributed by atoms with Crippen LogP contribution in [0.5, 0.6) is 0 Å². The lowest BCUT2D eigenvalue weighted by atomic mass is 10.1. The second kappa shape index (κ2) is 5.85. The maximum Gasteiger partial charge on any atom is 0.416 e. The van der Waals surface area contributed by atoms with E-state index in [1.54, 1.807) is 4.68 Å². The Morgan fingerprint density at radius 2 is 1.81 bits per heavy atom. The van der Waals surface area contributed by atoms with E-state index in [0.29, 0.717) is 29.4 Å². The molecule has 0 aliphatic heterocycles. The van der Waals surface area contributed by atoms with Crippen molar-refractivity contribution in [3.8, 4) is 11.3 Å². The molecule has 7 heteroatoms. The summed E-state index contributed by atoms with van der Waals surface area (Å²) in [7, 11) is 0. The monoisotopic (exact) mass is 298 g/mol. The van der Waals surface area contributed by atoms with Gasteiger partial charge in [0.25, 0.3) is 0 Å². The van der Waals surface area contributed by atoms with Gasteiger partial charge in [0.1, 0.15) is 5.69 Å². The van der Waals surface area contributed by atoms with Gasteiger partial charge in [-0.25, -0.2) is 4.68 Å². The molecule has 0 saturated heterocycles. The third-order valence-electron chi connectivity index (χ3n) is 3.02. The van der Waals surface area contributed by atoms with E-state index in [4.69, 9.17) is 5.73 Å². The lowest BCUT2D eigenvalue weighted by molar-refractivity contribution is -0.137. The summed E-state index contributed by atoms with van der Waals surface area (Å²) < 4.78 is 39.5. The molecule has 0 aliphatic carbocycles. The van der Waals surface area contributed by atoms with Gasteiger partial charge in [-0.3, -0.25) is 0 Å². The van der Waals surface area contributed by atoms with Gasteiger partial charge in [-0.05, 0) is 18.1 Å². The Morgan fingerprint density at radius 3 is 2.29 bits per heavy atom. The number of nitrogens with two attached hydrogens (primary N) is 1. The molecule has 0 atom stereocenters. The van der Waals surface area contributed by atoms with Crippen molar-refractivity contribution < 1.29 is 13.2 Å². The second-order valence-electron chi connectivity index (χ2n) is 5.24. The summed E-state index contributed by atoms with van der Waals surface area (Å²) >= 11 is 0. The normalized spacial score (nSPS) is 12.1. The zero-order chi connectivity index (χ0) is 15.6. The quantitative estimate of drug-likeness (QED) is 0.943. The van der Waals surface area contributed by atoms with Crippen LogP contribution in [0.1, 0.15) is 25.1 Å². The predicted octanol–water partition coefficient (Wildman–Crippen LogP) is 3.08. The van der Waals surface area contributed by atoms with Crippen molar-refractivity contribution in [1.82, 2.24) is 15.0 Å². The second-order valence-corrected chi connectivity index (χ2v) is 5.24. The molecule has 1 heterocycles. The zero-order valence-electron chi connectivity index (χ0n) is 11.9. The fraction of sp³-hybridized carbons (Fsp3) is 0.429. The number of aromatic nitrogens is 3. The van der Waals surface area contributed by atoms with Gasteiger partial charge in [-0.15, -0.1) is 5.10 Å². The van der Waals surface area contributed by atoms with Crippen LogP contribution >= 0.6 is 0 Å². The Hall–Kier alpha value is -1.89. The van der Waals surface area contributed by atoms with Crippen LogP contribution in [-0.2, 0) is 19.3 Å². The van der Waals surface area contributed by atoms with Gasteiger partial charge in [-0.2, -0.15) is 13.2 Å². The molecular formula is C14H17F3N4. The molecule has 0 spiro atoms. The van der Waals surface area contributed by atoms with Crippen molar-refractivity contribution in [3.05, 3.63) is 35.5 Å². The molecule has 0 saturated carbocycles. The molecule has 21 heavy (non-hydrogen) atoms. The Morgan fingerprint density at radius 1 is 1.19 bits per heavy atom. The van der Waals surface area contributed by atoms with Crippen LogP contribution in [-0.4, -0.2) is 15.0 Å². The highest BCUT2D eigenvalue weighted by Crippen LogP contribution is 2.31. The average Bonchev–Trinajstić information content (AvgIpc) is 2.80. The molecule has 114 valence electrons. The summed E-state index contributed by atoms with van der Waals surface area (Å²) in [5.74, 6) is 0.338. The number of benzene rings is 1.